The lowest BCUT2D eigenvalue weighted by Crippen LogP contribution is -2.30. The van der Waals surface area contributed by atoms with Crippen LogP contribution < -0.4 is 10.6 Å². The Bertz CT molecular complexity index is 590. The van der Waals surface area contributed by atoms with Crippen molar-refractivity contribution in [1.29, 1.82) is 0 Å². The first-order valence-corrected chi connectivity index (χ1v) is 7.71. The van der Waals surface area contributed by atoms with Crippen LogP contribution in [0.4, 0.5) is 10.5 Å². The maximum absolute atomic E-state index is 11.9. The number of thiazole rings is 1. The smallest absolute Gasteiger partial charge is 0.319 e. The highest BCUT2D eigenvalue weighted by molar-refractivity contribution is 7.07. The van der Waals surface area contributed by atoms with E-state index in [2.05, 4.69) is 15.6 Å². The summed E-state index contributed by atoms with van der Waals surface area (Å²) in [5.41, 5.74) is 4.16. The number of ether oxygens (including phenoxy) is 1. The maximum Gasteiger partial charge on any atom is 0.319 e. The van der Waals surface area contributed by atoms with Gasteiger partial charge in [0.15, 0.2) is 0 Å². The maximum atomic E-state index is 11.9. The van der Waals surface area contributed by atoms with Crippen molar-refractivity contribution in [2.24, 2.45) is 0 Å². The Morgan fingerprint density at radius 2 is 2.33 bits per heavy atom. The molecule has 0 fully saturated rings. The quantitative estimate of drug-likeness (QED) is 0.856. The second-order valence-electron chi connectivity index (χ2n) is 4.31. The Labute approximate surface area is 132 Å². The number of urea groups is 1. The largest absolute Gasteiger partial charge is 0.380 e. The molecule has 0 aliphatic rings. The van der Waals surface area contributed by atoms with Crippen molar-refractivity contribution in [2.75, 3.05) is 19.0 Å². The number of carbonyl (C=O) groups excluding carboxylic acids is 1. The van der Waals surface area contributed by atoms with E-state index in [1.165, 1.54) is 0 Å². The Kier molecular flexibility index (Phi) is 5.98. The molecule has 1 aromatic carbocycles. The number of nitrogens with zero attached hydrogens (tertiary/aromatic N) is 1. The van der Waals surface area contributed by atoms with Gasteiger partial charge in [0.1, 0.15) is 0 Å². The van der Waals surface area contributed by atoms with Crippen LogP contribution in [-0.4, -0.2) is 24.7 Å². The zero-order valence-corrected chi connectivity index (χ0v) is 13.1. The molecule has 2 N–H and O–H groups in total. The number of amides is 2. The molecular formula is C14H16ClN3O2S. The van der Waals surface area contributed by atoms with Crippen LogP contribution in [0, 0.1) is 0 Å². The van der Waals surface area contributed by atoms with Gasteiger partial charge in [-0.1, -0.05) is 17.7 Å². The van der Waals surface area contributed by atoms with Crippen LogP contribution in [-0.2, 0) is 17.8 Å². The summed E-state index contributed by atoms with van der Waals surface area (Å²) < 4.78 is 5.10. The van der Waals surface area contributed by atoms with Crippen LogP contribution in [0.25, 0.3) is 0 Å². The molecule has 2 amide bonds. The fourth-order valence-electron chi connectivity index (χ4n) is 1.80. The minimum Gasteiger partial charge on any atom is -0.380 e. The van der Waals surface area contributed by atoms with Crippen LogP contribution in [0.3, 0.4) is 0 Å². The predicted molar refractivity (Wildman–Crippen MR) is 85.0 cm³/mol. The van der Waals surface area contributed by atoms with Crippen molar-refractivity contribution in [2.45, 2.75) is 13.0 Å². The summed E-state index contributed by atoms with van der Waals surface area (Å²) in [6.45, 7) is 0.865. The molecule has 0 saturated carbocycles. The molecule has 0 unspecified atom stereocenters. The molecule has 2 aromatic rings. The van der Waals surface area contributed by atoms with E-state index in [9.17, 15) is 4.79 Å². The first-order valence-electron chi connectivity index (χ1n) is 6.39. The van der Waals surface area contributed by atoms with E-state index >= 15 is 0 Å². The Hall–Kier alpha value is -1.63. The molecule has 0 aliphatic heterocycles. The average molecular weight is 326 g/mol. The zero-order chi connectivity index (χ0) is 15.1. The lowest BCUT2D eigenvalue weighted by atomic mass is 10.2. The number of rotatable bonds is 6. The molecule has 0 spiro atoms. The van der Waals surface area contributed by atoms with Gasteiger partial charge in [-0.15, -0.1) is 11.3 Å². The van der Waals surface area contributed by atoms with E-state index in [1.54, 1.807) is 42.2 Å². The number of anilines is 1. The van der Waals surface area contributed by atoms with E-state index < -0.39 is 0 Å². The molecule has 1 aromatic heterocycles. The molecule has 0 bridgehead atoms. The van der Waals surface area contributed by atoms with Gasteiger partial charge in [0.05, 0.1) is 17.8 Å². The molecular weight excluding hydrogens is 310 g/mol. The van der Waals surface area contributed by atoms with Crippen molar-refractivity contribution < 1.29 is 9.53 Å². The first-order chi connectivity index (χ1) is 10.2. The number of hydrogen-bond acceptors (Lipinski definition) is 4. The molecule has 0 saturated heterocycles. The minimum atomic E-state index is -0.273. The number of aromatic nitrogens is 1. The van der Waals surface area contributed by atoms with Crippen LogP contribution in [0.15, 0.2) is 29.1 Å². The highest BCUT2D eigenvalue weighted by atomic mass is 35.5. The Morgan fingerprint density at radius 3 is 3.05 bits per heavy atom. The SMILES string of the molecule is COCc1c(Cl)cccc1NC(=O)NCCc1cscn1. The second-order valence-corrected chi connectivity index (χ2v) is 5.44. The monoisotopic (exact) mass is 325 g/mol. The first kappa shape index (κ1) is 15.8. The zero-order valence-electron chi connectivity index (χ0n) is 11.6. The molecule has 7 heteroatoms. The lowest BCUT2D eigenvalue weighted by Gasteiger charge is -2.12. The number of halogens is 1. The van der Waals surface area contributed by atoms with Gasteiger partial charge in [0, 0.05) is 41.7 Å². The molecule has 21 heavy (non-hydrogen) atoms. The van der Waals surface area contributed by atoms with Crippen LogP contribution in [0.2, 0.25) is 5.02 Å². The summed E-state index contributed by atoms with van der Waals surface area (Å²) in [5.74, 6) is 0. The number of methoxy groups -OCH3 is 1. The average Bonchev–Trinajstić information content (AvgIpc) is 2.96. The Morgan fingerprint density at radius 1 is 1.48 bits per heavy atom. The molecule has 0 atom stereocenters. The fourth-order valence-corrected chi connectivity index (χ4v) is 2.62. The van der Waals surface area contributed by atoms with E-state index in [4.69, 9.17) is 16.3 Å². The van der Waals surface area contributed by atoms with E-state index in [0.717, 1.165) is 11.3 Å². The molecule has 0 aliphatic carbocycles. The third kappa shape index (κ3) is 4.70. The highest BCUT2D eigenvalue weighted by Crippen LogP contribution is 2.24. The number of hydrogen-bond donors (Lipinski definition) is 2. The summed E-state index contributed by atoms with van der Waals surface area (Å²) in [4.78, 5) is 16.0. The summed E-state index contributed by atoms with van der Waals surface area (Å²) in [6.07, 6.45) is 0.706. The van der Waals surface area contributed by atoms with Crippen molar-refractivity contribution in [3.8, 4) is 0 Å². The number of benzene rings is 1. The standard InChI is InChI=1S/C14H16ClN3O2S/c1-20-7-11-12(15)3-2-4-13(11)18-14(19)16-6-5-10-8-21-9-17-10/h2-4,8-9H,5-7H2,1H3,(H2,16,18,19). The second kappa shape index (κ2) is 7.97. The molecule has 5 nitrogen and oxygen atoms in total. The van der Waals surface area contributed by atoms with Gasteiger partial charge in [-0.3, -0.25) is 0 Å². The van der Waals surface area contributed by atoms with Gasteiger partial charge in [-0.2, -0.15) is 0 Å². The summed E-state index contributed by atoms with van der Waals surface area (Å²) in [5, 5.41) is 8.11. The summed E-state index contributed by atoms with van der Waals surface area (Å²) in [6, 6.07) is 5.07. The van der Waals surface area contributed by atoms with E-state index in [0.29, 0.717) is 30.3 Å². The minimum absolute atomic E-state index is 0.273. The third-order valence-electron chi connectivity index (χ3n) is 2.81. The predicted octanol–water partition coefficient (Wildman–Crippen LogP) is 3.31. The molecule has 112 valence electrons. The molecule has 2 rings (SSSR count). The van der Waals surface area contributed by atoms with Crippen LogP contribution in [0.5, 0.6) is 0 Å². The topological polar surface area (TPSA) is 63.2 Å². The van der Waals surface area contributed by atoms with Gasteiger partial charge in [-0.05, 0) is 12.1 Å². The summed E-state index contributed by atoms with van der Waals surface area (Å²) in [7, 11) is 1.58. The van der Waals surface area contributed by atoms with Gasteiger partial charge >= 0.3 is 6.03 Å². The fraction of sp³-hybridized carbons (Fsp3) is 0.286. The van der Waals surface area contributed by atoms with Crippen molar-refractivity contribution in [3.05, 3.63) is 45.4 Å². The number of nitrogens with one attached hydrogen (secondary N) is 2. The van der Waals surface area contributed by atoms with Crippen LogP contribution in [0.1, 0.15) is 11.3 Å². The van der Waals surface area contributed by atoms with Crippen LogP contribution >= 0.6 is 22.9 Å². The van der Waals surface area contributed by atoms with Crippen molar-refractivity contribution in [1.82, 2.24) is 10.3 Å². The van der Waals surface area contributed by atoms with Crippen molar-refractivity contribution in [3.63, 3.8) is 0 Å². The lowest BCUT2D eigenvalue weighted by molar-refractivity contribution is 0.185. The van der Waals surface area contributed by atoms with Gasteiger partial charge in [0.2, 0.25) is 0 Å². The summed E-state index contributed by atoms with van der Waals surface area (Å²) >= 11 is 7.65. The van der Waals surface area contributed by atoms with E-state index in [-0.39, 0.29) is 6.03 Å². The molecule has 1 heterocycles. The van der Waals surface area contributed by atoms with Gasteiger partial charge < -0.3 is 15.4 Å². The van der Waals surface area contributed by atoms with E-state index in [1.807, 2.05) is 5.38 Å². The Balaban J connectivity index is 1.88. The molecule has 0 radical (unpaired) electrons. The van der Waals surface area contributed by atoms with Crippen molar-refractivity contribution >= 4 is 34.7 Å². The highest BCUT2D eigenvalue weighted by Gasteiger charge is 2.09. The van der Waals surface area contributed by atoms with Gasteiger partial charge in [0.25, 0.3) is 0 Å². The normalized spacial score (nSPS) is 10.4. The third-order valence-corrected chi connectivity index (χ3v) is 3.80. The number of carbonyl (C=O) groups is 1. The van der Waals surface area contributed by atoms with Gasteiger partial charge in [-0.25, -0.2) is 9.78 Å².